The first-order chi connectivity index (χ1) is 12.2. The lowest BCUT2D eigenvalue weighted by Crippen LogP contribution is -2.49. The number of carbonyl (C=O) groups is 1. The minimum absolute atomic E-state index is 0.0766. The van der Waals surface area contributed by atoms with Gasteiger partial charge in [0.25, 0.3) is 0 Å². The second-order valence-corrected chi connectivity index (χ2v) is 7.33. The van der Waals surface area contributed by atoms with Gasteiger partial charge in [0.1, 0.15) is 18.0 Å². The number of benzene rings is 1. The van der Waals surface area contributed by atoms with Gasteiger partial charge in [-0.3, -0.25) is 0 Å². The summed E-state index contributed by atoms with van der Waals surface area (Å²) in [5.74, 6) is 0.913. The summed E-state index contributed by atoms with van der Waals surface area (Å²) in [7, 11) is 0. The molecule has 0 aromatic heterocycles. The maximum absolute atomic E-state index is 11.8. The first kappa shape index (κ1) is 16.7. The molecule has 0 radical (unpaired) electrons. The number of amides is 2. The number of rotatable bonds is 4. The van der Waals surface area contributed by atoms with Crippen molar-refractivity contribution in [3.8, 4) is 5.75 Å². The van der Waals surface area contributed by atoms with Crippen LogP contribution in [0.5, 0.6) is 5.75 Å². The number of aliphatic hydroxyl groups is 1. The molecule has 2 unspecified atom stereocenters. The van der Waals surface area contributed by atoms with E-state index >= 15 is 0 Å². The predicted octanol–water partition coefficient (Wildman–Crippen LogP) is 1.23. The third kappa shape index (κ3) is 3.60. The van der Waals surface area contributed by atoms with Crippen molar-refractivity contribution in [2.24, 2.45) is 0 Å². The number of piperidine rings is 1. The molecular weight excluding hydrogens is 318 g/mol. The average Bonchev–Trinajstić information content (AvgIpc) is 3.08. The number of nitrogens with one attached hydrogen (secondary N) is 1. The Hall–Kier alpha value is -1.79. The van der Waals surface area contributed by atoms with Crippen molar-refractivity contribution in [3.05, 3.63) is 29.8 Å². The third-order valence-electron chi connectivity index (χ3n) is 5.71. The maximum Gasteiger partial charge on any atom is 0.317 e. The quantitative estimate of drug-likeness (QED) is 0.862. The molecule has 2 atom stereocenters. The van der Waals surface area contributed by atoms with Crippen molar-refractivity contribution in [3.63, 3.8) is 0 Å². The molecule has 4 rings (SSSR count). The normalized spacial score (nSPS) is 26.0. The van der Waals surface area contributed by atoms with E-state index in [1.165, 1.54) is 5.56 Å². The van der Waals surface area contributed by atoms with Gasteiger partial charge in [-0.15, -0.1) is 0 Å². The Bertz CT molecular complexity index is 616. The van der Waals surface area contributed by atoms with Crippen molar-refractivity contribution in [2.75, 3.05) is 32.7 Å². The topological polar surface area (TPSA) is 65.0 Å². The van der Waals surface area contributed by atoms with Crippen LogP contribution < -0.4 is 10.1 Å². The second-order valence-electron chi connectivity index (χ2n) is 7.33. The molecule has 2 N–H and O–H groups in total. The molecule has 0 bridgehead atoms. The van der Waals surface area contributed by atoms with Crippen LogP contribution in [0.15, 0.2) is 24.3 Å². The summed E-state index contributed by atoms with van der Waals surface area (Å²) in [6, 6.07) is 8.51. The van der Waals surface area contributed by atoms with E-state index in [9.17, 15) is 9.90 Å². The molecular formula is C19H27N3O3. The minimum Gasteiger partial charge on any atom is -0.487 e. The van der Waals surface area contributed by atoms with Crippen LogP contribution in [-0.2, 0) is 6.42 Å². The highest BCUT2D eigenvalue weighted by Gasteiger charge is 2.33. The lowest BCUT2D eigenvalue weighted by Gasteiger charge is -2.38. The zero-order valence-electron chi connectivity index (χ0n) is 14.6. The minimum atomic E-state index is -0.472. The van der Waals surface area contributed by atoms with Crippen molar-refractivity contribution in [2.45, 2.75) is 43.9 Å². The van der Waals surface area contributed by atoms with Gasteiger partial charge >= 0.3 is 6.03 Å². The van der Waals surface area contributed by atoms with Crippen LogP contribution in [0.4, 0.5) is 4.79 Å². The molecule has 3 heterocycles. The zero-order valence-corrected chi connectivity index (χ0v) is 14.6. The van der Waals surface area contributed by atoms with Gasteiger partial charge in [0.2, 0.25) is 0 Å². The molecule has 3 aliphatic rings. The number of para-hydroxylation sites is 1. The van der Waals surface area contributed by atoms with Crippen LogP contribution in [0.2, 0.25) is 0 Å². The highest BCUT2D eigenvalue weighted by atomic mass is 16.5. The second kappa shape index (κ2) is 7.22. The van der Waals surface area contributed by atoms with Gasteiger partial charge in [-0.2, -0.15) is 0 Å². The van der Waals surface area contributed by atoms with E-state index in [4.69, 9.17) is 4.74 Å². The Morgan fingerprint density at radius 2 is 2.00 bits per heavy atom. The summed E-state index contributed by atoms with van der Waals surface area (Å²) in [5, 5.41) is 13.5. The Balaban J connectivity index is 1.27. The monoisotopic (exact) mass is 345 g/mol. The van der Waals surface area contributed by atoms with Crippen LogP contribution in [0.25, 0.3) is 0 Å². The van der Waals surface area contributed by atoms with E-state index in [1.807, 2.05) is 23.1 Å². The maximum atomic E-state index is 11.8. The number of aliphatic hydroxyl groups excluding tert-OH is 1. The summed E-state index contributed by atoms with van der Waals surface area (Å²) in [4.78, 5) is 16.1. The van der Waals surface area contributed by atoms with Crippen LogP contribution in [0.3, 0.4) is 0 Å². The van der Waals surface area contributed by atoms with Gasteiger partial charge in [0.15, 0.2) is 0 Å². The molecule has 6 nitrogen and oxygen atoms in total. The molecule has 6 heteroatoms. The van der Waals surface area contributed by atoms with Crippen molar-refractivity contribution in [1.82, 2.24) is 15.1 Å². The Morgan fingerprint density at radius 3 is 2.76 bits per heavy atom. The molecule has 2 fully saturated rings. The zero-order chi connectivity index (χ0) is 17.2. The van der Waals surface area contributed by atoms with Gasteiger partial charge in [-0.1, -0.05) is 18.2 Å². The summed E-state index contributed by atoms with van der Waals surface area (Å²) in [5.41, 5.74) is 1.23. The lowest BCUT2D eigenvalue weighted by molar-refractivity contribution is -0.00503. The first-order valence-electron chi connectivity index (χ1n) is 9.40. The fraction of sp³-hybridized carbons (Fsp3) is 0.632. The highest BCUT2D eigenvalue weighted by molar-refractivity contribution is 5.76. The summed E-state index contributed by atoms with van der Waals surface area (Å²) >= 11 is 0. The molecule has 25 heavy (non-hydrogen) atoms. The van der Waals surface area contributed by atoms with Crippen LogP contribution in [0.1, 0.15) is 24.8 Å². The molecule has 0 saturated carbocycles. The number of nitrogens with zero attached hydrogens (tertiary/aromatic N) is 2. The van der Waals surface area contributed by atoms with E-state index < -0.39 is 6.10 Å². The van der Waals surface area contributed by atoms with Gasteiger partial charge < -0.3 is 25.0 Å². The van der Waals surface area contributed by atoms with Crippen molar-refractivity contribution >= 4 is 6.03 Å². The fourth-order valence-corrected chi connectivity index (χ4v) is 4.25. The fourth-order valence-electron chi connectivity index (χ4n) is 4.25. The molecule has 1 aromatic rings. The van der Waals surface area contributed by atoms with Crippen molar-refractivity contribution in [1.29, 1.82) is 0 Å². The van der Waals surface area contributed by atoms with E-state index in [0.717, 1.165) is 57.6 Å². The third-order valence-corrected chi connectivity index (χ3v) is 5.71. The number of hydrogen-bond acceptors (Lipinski definition) is 4. The first-order valence-corrected chi connectivity index (χ1v) is 9.40. The molecule has 1 aromatic carbocycles. The van der Waals surface area contributed by atoms with Crippen LogP contribution in [0, 0.1) is 0 Å². The SMILES string of the molecule is O=C1NCCN1C1CCN(CC(O)C2CCc3ccccc3O2)CC1. The number of carbonyl (C=O) groups excluding carboxylic acids is 1. The largest absolute Gasteiger partial charge is 0.487 e. The van der Waals surface area contributed by atoms with E-state index in [0.29, 0.717) is 12.6 Å². The van der Waals surface area contributed by atoms with E-state index in [2.05, 4.69) is 16.3 Å². The Kier molecular flexibility index (Phi) is 4.81. The standard InChI is InChI=1S/C19H27N3O3/c23-16(18-6-5-14-3-1-2-4-17(14)25-18)13-21-10-7-15(8-11-21)22-12-9-20-19(22)24/h1-4,15-16,18,23H,5-13H2,(H,20,24). The highest BCUT2D eigenvalue weighted by Crippen LogP contribution is 2.28. The number of hydrogen-bond donors (Lipinski definition) is 2. The number of β-amino-alcohol motifs (C(OH)–C–C–N with tert-alkyl or cyclic N) is 1. The van der Waals surface area contributed by atoms with Gasteiger partial charge in [-0.25, -0.2) is 4.79 Å². The smallest absolute Gasteiger partial charge is 0.317 e. The molecule has 3 aliphatic heterocycles. The molecule has 2 amide bonds. The summed E-state index contributed by atoms with van der Waals surface area (Å²) in [6.07, 6.45) is 3.19. The molecule has 136 valence electrons. The number of fused-ring (bicyclic) bond motifs is 1. The van der Waals surface area contributed by atoms with E-state index in [1.54, 1.807) is 0 Å². The number of likely N-dealkylation sites (tertiary alicyclic amines) is 1. The number of aryl methyl sites for hydroxylation is 1. The van der Waals surface area contributed by atoms with Gasteiger partial charge in [0, 0.05) is 38.8 Å². The van der Waals surface area contributed by atoms with Crippen molar-refractivity contribution < 1.29 is 14.6 Å². The van der Waals surface area contributed by atoms with Crippen LogP contribution in [-0.4, -0.2) is 71.9 Å². The Labute approximate surface area is 148 Å². The summed E-state index contributed by atoms with van der Waals surface area (Å²) < 4.78 is 6.01. The Morgan fingerprint density at radius 1 is 1.20 bits per heavy atom. The lowest BCUT2D eigenvalue weighted by atomic mass is 9.98. The molecule has 0 spiro atoms. The average molecular weight is 345 g/mol. The van der Waals surface area contributed by atoms with E-state index in [-0.39, 0.29) is 12.1 Å². The molecule has 2 saturated heterocycles. The molecule has 0 aliphatic carbocycles. The summed E-state index contributed by atoms with van der Waals surface area (Å²) in [6.45, 7) is 4.08. The van der Waals surface area contributed by atoms with Gasteiger partial charge in [-0.05, 0) is 37.3 Å². The predicted molar refractivity (Wildman–Crippen MR) is 94.8 cm³/mol. The number of ether oxygens (including phenoxy) is 1. The van der Waals surface area contributed by atoms with Gasteiger partial charge in [0.05, 0.1) is 0 Å². The van der Waals surface area contributed by atoms with Crippen LogP contribution >= 0.6 is 0 Å². The number of urea groups is 1.